The molecule has 39 heavy (non-hydrogen) atoms. The number of thioether (sulfide) groups is 1. The van der Waals surface area contributed by atoms with Crippen molar-refractivity contribution in [2.45, 2.75) is 81.9 Å². The van der Waals surface area contributed by atoms with Gasteiger partial charge in [-0.05, 0) is 29.3 Å². The number of rotatable bonds is 9. The molecule has 0 bridgehead atoms. The fourth-order valence-corrected chi connectivity index (χ4v) is 6.40. The summed E-state index contributed by atoms with van der Waals surface area (Å²) in [5.74, 6) is 0. The molecule has 2 aromatic carbocycles. The van der Waals surface area contributed by atoms with Crippen LogP contribution in [0.3, 0.4) is 0 Å². The molecule has 0 spiro atoms. The van der Waals surface area contributed by atoms with Gasteiger partial charge >= 0.3 is 6.09 Å². The minimum Gasteiger partial charge on any atom is -0.465 e. The number of benzene rings is 2. The Morgan fingerprint density at radius 2 is 1.54 bits per heavy atom. The maximum Gasteiger partial charge on any atom is 0.413 e. The van der Waals surface area contributed by atoms with Crippen molar-refractivity contribution in [3.05, 3.63) is 71.8 Å². The number of aliphatic imine (C=N–C) groups is 1. The second kappa shape index (κ2) is 12.5. The van der Waals surface area contributed by atoms with Crippen LogP contribution in [0, 0.1) is 0 Å². The highest BCUT2D eigenvalue weighted by atomic mass is 32.2. The highest BCUT2D eigenvalue weighted by molar-refractivity contribution is 8.14. The normalized spacial score (nSPS) is 25.2. The molecular formula is C29H40N2O6SSi. The zero-order valence-corrected chi connectivity index (χ0v) is 25.4. The van der Waals surface area contributed by atoms with E-state index in [9.17, 15) is 9.90 Å². The number of carbonyl (C=O) groups is 1. The minimum atomic E-state index is -2.08. The number of amides is 1. The van der Waals surface area contributed by atoms with Crippen molar-refractivity contribution in [2.75, 3.05) is 13.7 Å². The molecule has 0 saturated carbocycles. The van der Waals surface area contributed by atoms with E-state index >= 15 is 0 Å². The van der Waals surface area contributed by atoms with Crippen molar-refractivity contribution in [3.8, 4) is 0 Å². The standard InChI is InChI=1S/C29H40N2O6SSi/c1-29(2,3)39(5,6)36-19-22-24(34-17-20-13-9-7-10-14-20)25(35-18-21-15-11-8-12-16-21)23-26(37-22)38-27(30-23)31(4)28(32)33/h7-16,22-26H,17-19H2,1-6H3,(H,32,33)/t22?,23-,24?,25?,26?/m1/s1. The fraction of sp³-hybridized carbons (Fsp3) is 0.517. The van der Waals surface area contributed by atoms with Crippen molar-refractivity contribution in [1.82, 2.24) is 4.90 Å². The van der Waals surface area contributed by atoms with Gasteiger partial charge in [0.05, 0.1) is 19.8 Å². The summed E-state index contributed by atoms with van der Waals surface area (Å²) >= 11 is 1.31. The van der Waals surface area contributed by atoms with Crippen molar-refractivity contribution < 1.29 is 28.5 Å². The van der Waals surface area contributed by atoms with E-state index in [1.54, 1.807) is 0 Å². The van der Waals surface area contributed by atoms with Gasteiger partial charge in [0.25, 0.3) is 0 Å². The van der Waals surface area contributed by atoms with Gasteiger partial charge in [0.1, 0.15) is 29.8 Å². The van der Waals surface area contributed by atoms with Crippen LogP contribution in [0.4, 0.5) is 4.79 Å². The molecule has 1 saturated heterocycles. The van der Waals surface area contributed by atoms with Crippen LogP contribution in [0.1, 0.15) is 31.9 Å². The molecule has 2 heterocycles. The first-order valence-electron chi connectivity index (χ1n) is 13.3. The average Bonchev–Trinajstić information content (AvgIpc) is 3.33. The highest BCUT2D eigenvalue weighted by Gasteiger charge is 2.52. The summed E-state index contributed by atoms with van der Waals surface area (Å²) in [5.41, 5.74) is 1.67. The Morgan fingerprint density at radius 1 is 1.00 bits per heavy atom. The lowest BCUT2D eigenvalue weighted by Gasteiger charge is -2.44. The van der Waals surface area contributed by atoms with Crippen LogP contribution < -0.4 is 0 Å². The van der Waals surface area contributed by atoms with Crippen LogP contribution in [0.15, 0.2) is 65.7 Å². The van der Waals surface area contributed by atoms with Crippen LogP contribution in [-0.2, 0) is 31.9 Å². The molecule has 5 atom stereocenters. The first-order chi connectivity index (χ1) is 18.5. The van der Waals surface area contributed by atoms with Gasteiger partial charge in [-0.3, -0.25) is 9.89 Å². The molecule has 1 fully saturated rings. The molecule has 1 N–H and O–H groups in total. The summed E-state index contributed by atoms with van der Waals surface area (Å²) in [5, 5.41) is 10.0. The summed E-state index contributed by atoms with van der Waals surface area (Å²) in [6.07, 6.45) is -2.43. The third kappa shape index (κ3) is 7.30. The Bertz CT molecular complexity index is 1130. The number of amidine groups is 1. The van der Waals surface area contributed by atoms with E-state index in [2.05, 4.69) is 33.9 Å². The lowest BCUT2D eigenvalue weighted by atomic mass is 9.97. The van der Waals surface area contributed by atoms with E-state index in [0.29, 0.717) is 25.0 Å². The Balaban J connectivity index is 1.63. The molecule has 212 valence electrons. The van der Waals surface area contributed by atoms with Gasteiger partial charge in [0.2, 0.25) is 0 Å². The molecule has 0 aliphatic carbocycles. The SMILES string of the molecule is CN(C(=O)O)C1=N[C@H]2C(OC(CO[Si](C)(C)C(C)(C)C)C(OCc3ccccc3)C2OCc2ccccc2)S1. The van der Waals surface area contributed by atoms with Gasteiger partial charge in [-0.15, -0.1) is 0 Å². The van der Waals surface area contributed by atoms with E-state index in [-0.39, 0.29) is 5.04 Å². The lowest BCUT2D eigenvalue weighted by Crippen LogP contribution is -2.59. The molecule has 1 amide bonds. The van der Waals surface area contributed by atoms with Crippen molar-refractivity contribution in [1.29, 1.82) is 0 Å². The van der Waals surface area contributed by atoms with Gasteiger partial charge < -0.3 is 23.7 Å². The molecule has 2 aliphatic heterocycles. The lowest BCUT2D eigenvalue weighted by molar-refractivity contribution is -0.204. The van der Waals surface area contributed by atoms with Gasteiger partial charge in [-0.2, -0.15) is 0 Å². The van der Waals surface area contributed by atoms with Crippen molar-refractivity contribution >= 4 is 31.3 Å². The number of nitrogens with zero attached hydrogens (tertiary/aromatic N) is 2. The summed E-state index contributed by atoms with van der Waals surface area (Å²) in [7, 11) is -0.583. The van der Waals surface area contributed by atoms with Gasteiger partial charge in [0.15, 0.2) is 13.5 Å². The van der Waals surface area contributed by atoms with Crippen molar-refractivity contribution in [2.24, 2.45) is 4.99 Å². The largest absolute Gasteiger partial charge is 0.465 e. The summed E-state index contributed by atoms with van der Waals surface area (Å²) in [6, 6.07) is 19.5. The molecule has 4 rings (SSSR count). The topological polar surface area (TPSA) is 89.8 Å². The zero-order chi connectivity index (χ0) is 28.2. The Labute approximate surface area is 236 Å². The maximum atomic E-state index is 11.7. The quantitative estimate of drug-likeness (QED) is 0.370. The van der Waals surface area contributed by atoms with Crippen LogP contribution in [0.25, 0.3) is 0 Å². The predicted octanol–water partition coefficient (Wildman–Crippen LogP) is 5.99. The Hall–Kier alpha value is -2.21. The highest BCUT2D eigenvalue weighted by Crippen LogP contribution is 2.41. The number of carboxylic acid groups (broad SMARTS) is 1. The number of hydrogen-bond acceptors (Lipinski definition) is 7. The van der Waals surface area contributed by atoms with E-state index in [4.69, 9.17) is 23.6 Å². The summed E-state index contributed by atoms with van der Waals surface area (Å²) < 4.78 is 26.3. The maximum absolute atomic E-state index is 11.7. The van der Waals surface area contributed by atoms with Gasteiger partial charge in [-0.25, -0.2) is 4.79 Å². The van der Waals surface area contributed by atoms with Crippen LogP contribution in [0.2, 0.25) is 18.1 Å². The van der Waals surface area contributed by atoms with Crippen LogP contribution in [0.5, 0.6) is 0 Å². The van der Waals surface area contributed by atoms with E-state index in [1.807, 2.05) is 60.7 Å². The third-order valence-corrected chi connectivity index (χ3v) is 13.4. The Morgan fingerprint density at radius 3 is 2.05 bits per heavy atom. The second-order valence-corrected chi connectivity index (χ2v) is 17.4. The number of fused-ring (bicyclic) bond motifs is 1. The van der Waals surface area contributed by atoms with Crippen LogP contribution in [-0.4, -0.2) is 73.0 Å². The van der Waals surface area contributed by atoms with E-state index < -0.39 is 44.2 Å². The number of hydrogen-bond donors (Lipinski definition) is 1. The molecule has 2 aromatic rings. The minimum absolute atomic E-state index is 0.0381. The molecule has 0 radical (unpaired) electrons. The second-order valence-electron chi connectivity index (χ2n) is 11.5. The monoisotopic (exact) mass is 572 g/mol. The molecule has 10 heteroatoms. The van der Waals surface area contributed by atoms with Gasteiger partial charge in [0, 0.05) is 7.05 Å². The smallest absolute Gasteiger partial charge is 0.413 e. The molecular weight excluding hydrogens is 532 g/mol. The molecule has 2 aliphatic rings. The number of ether oxygens (including phenoxy) is 3. The summed E-state index contributed by atoms with van der Waals surface area (Å²) in [4.78, 5) is 17.6. The summed E-state index contributed by atoms with van der Waals surface area (Å²) in [6.45, 7) is 12.2. The fourth-order valence-electron chi connectivity index (χ4n) is 4.20. The Kier molecular flexibility index (Phi) is 9.56. The zero-order valence-electron chi connectivity index (χ0n) is 23.6. The first kappa shape index (κ1) is 29.8. The first-order valence-corrected chi connectivity index (χ1v) is 17.1. The molecule has 4 unspecified atom stereocenters. The molecule has 8 nitrogen and oxygen atoms in total. The third-order valence-electron chi connectivity index (χ3n) is 7.65. The average molecular weight is 573 g/mol. The molecule has 0 aromatic heterocycles. The van der Waals surface area contributed by atoms with Crippen molar-refractivity contribution in [3.63, 3.8) is 0 Å². The van der Waals surface area contributed by atoms with E-state index in [0.717, 1.165) is 16.0 Å². The van der Waals surface area contributed by atoms with Gasteiger partial charge in [-0.1, -0.05) is 93.2 Å². The predicted molar refractivity (Wildman–Crippen MR) is 156 cm³/mol. The van der Waals surface area contributed by atoms with E-state index in [1.165, 1.54) is 18.8 Å². The van der Waals surface area contributed by atoms with Crippen LogP contribution >= 0.6 is 11.8 Å².